The predicted molar refractivity (Wildman–Crippen MR) is 73.0 cm³/mol. The topological polar surface area (TPSA) is 26.3 Å². The minimum atomic E-state index is -0.309. The Morgan fingerprint density at radius 2 is 1.41 bits per heavy atom. The SMILES string of the molecule is CCCCCCCCCCC(C)(C)C(=O)OC. The summed E-state index contributed by atoms with van der Waals surface area (Å²) in [6.45, 7) is 6.19. The highest BCUT2D eigenvalue weighted by molar-refractivity contribution is 5.75. The quantitative estimate of drug-likeness (QED) is 0.409. The number of rotatable bonds is 10. The number of ether oxygens (including phenoxy) is 1. The maximum absolute atomic E-state index is 11.4. The summed E-state index contributed by atoms with van der Waals surface area (Å²) in [7, 11) is 1.47. The molecule has 102 valence electrons. The third-order valence-electron chi connectivity index (χ3n) is 3.39. The molecule has 0 aliphatic heterocycles. The lowest BCUT2D eigenvalue weighted by molar-refractivity contribution is -0.151. The Bertz CT molecular complexity index is 197. The molecule has 0 saturated heterocycles. The average Bonchev–Trinajstić information content (AvgIpc) is 2.31. The Morgan fingerprint density at radius 3 is 1.88 bits per heavy atom. The molecule has 0 radical (unpaired) electrons. The fraction of sp³-hybridized carbons (Fsp3) is 0.933. The number of hydrogen-bond acceptors (Lipinski definition) is 2. The van der Waals surface area contributed by atoms with Crippen molar-refractivity contribution in [3.05, 3.63) is 0 Å². The first kappa shape index (κ1) is 16.5. The largest absolute Gasteiger partial charge is 0.469 e. The van der Waals surface area contributed by atoms with Gasteiger partial charge in [-0.2, -0.15) is 0 Å². The van der Waals surface area contributed by atoms with Gasteiger partial charge in [0.05, 0.1) is 12.5 Å². The molecule has 0 aliphatic rings. The van der Waals surface area contributed by atoms with Crippen LogP contribution in [0.2, 0.25) is 0 Å². The maximum atomic E-state index is 11.4. The first-order valence-electron chi connectivity index (χ1n) is 7.13. The summed E-state index contributed by atoms with van der Waals surface area (Å²) in [5, 5.41) is 0. The highest BCUT2D eigenvalue weighted by Crippen LogP contribution is 2.25. The van der Waals surface area contributed by atoms with Crippen molar-refractivity contribution < 1.29 is 9.53 Å². The monoisotopic (exact) mass is 242 g/mol. The van der Waals surface area contributed by atoms with Gasteiger partial charge in [-0.1, -0.05) is 58.3 Å². The highest BCUT2D eigenvalue weighted by Gasteiger charge is 2.27. The fourth-order valence-corrected chi connectivity index (χ4v) is 2.08. The third-order valence-corrected chi connectivity index (χ3v) is 3.39. The molecule has 0 bridgehead atoms. The van der Waals surface area contributed by atoms with Gasteiger partial charge in [-0.3, -0.25) is 4.79 Å². The van der Waals surface area contributed by atoms with E-state index in [1.165, 1.54) is 52.1 Å². The molecule has 0 N–H and O–H groups in total. The van der Waals surface area contributed by atoms with Gasteiger partial charge in [0.15, 0.2) is 0 Å². The van der Waals surface area contributed by atoms with Crippen LogP contribution < -0.4 is 0 Å². The van der Waals surface area contributed by atoms with Gasteiger partial charge >= 0.3 is 5.97 Å². The van der Waals surface area contributed by atoms with Crippen LogP contribution in [0.25, 0.3) is 0 Å². The van der Waals surface area contributed by atoms with Crippen molar-refractivity contribution in [1.29, 1.82) is 0 Å². The normalized spacial score (nSPS) is 11.5. The molecule has 0 unspecified atom stereocenters. The molecular weight excluding hydrogens is 212 g/mol. The lowest BCUT2D eigenvalue weighted by Gasteiger charge is -2.20. The summed E-state index contributed by atoms with van der Waals surface area (Å²) in [5.74, 6) is -0.0829. The summed E-state index contributed by atoms with van der Waals surface area (Å²) in [4.78, 5) is 11.4. The molecule has 2 heteroatoms. The first-order chi connectivity index (χ1) is 8.04. The van der Waals surface area contributed by atoms with E-state index in [1.807, 2.05) is 13.8 Å². The number of methoxy groups -OCH3 is 1. The van der Waals surface area contributed by atoms with Gasteiger partial charge in [-0.05, 0) is 20.3 Å². The first-order valence-corrected chi connectivity index (χ1v) is 7.13. The van der Waals surface area contributed by atoms with Crippen LogP contribution in [0.4, 0.5) is 0 Å². The van der Waals surface area contributed by atoms with Gasteiger partial charge in [0, 0.05) is 0 Å². The molecule has 17 heavy (non-hydrogen) atoms. The molecule has 0 saturated carbocycles. The Hall–Kier alpha value is -0.530. The van der Waals surface area contributed by atoms with Crippen LogP contribution in [0.5, 0.6) is 0 Å². The van der Waals surface area contributed by atoms with E-state index in [0.29, 0.717) is 0 Å². The van der Waals surface area contributed by atoms with Gasteiger partial charge in [0.25, 0.3) is 0 Å². The van der Waals surface area contributed by atoms with Crippen molar-refractivity contribution in [3.8, 4) is 0 Å². The molecule has 0 aliphatic carbocycles. The van der Waals surface area contributed by atoms with E-state index < -0.39 is 0 Å². The zero-order chi connectivity index (χ0) is 13.1. The van der Waals surface area contributed by atoms with E-state index in [4.69, 9.17) is 4.74 Å². The smallest absolute Gasteiger partial charge is 0.311 e. The molecule has 0 aromatic carbocycles. The summed E-state index contributed by atoms with van der Waals surface area (Å²) in [6, 6.07) is 0. The molecule has 0 rings (SSSR count). The van der Waals surface area contributed by atoms with Gasteiger partial charge in [0.1, 0.15) is 0 Å². The number of carbonyl (C=O) groups is 1. The van der Waals surface area contributed by atoms with Gasteiger partial charge in [0.2, 0.25) is 0 Å². The maximum Gasteiger partial charge on any atom is 0.311 e. The minimum Gasteiger partial charge on any atom is -0.469 e. The molecule has 0 atom stereocenters. The van der Waals surface area contributed by atoms with Crippen LogP contribution in [0.1, 0.15) is 78.6 Å². The van der Waals surface area contributed by atoms with Crippen LogP contribution in [0, 0.1) is 5.41 Å². The standard InChI is InChI=1S/C15H30O2/c1-5-6-7-8-9-10-11-12-13-15(2,3)14(16)17-4/h5-13H2,1-4H3. The Balaban J connectivity index is 3.42. The van der Waals surface area contributed by atoms with Crippen LogP contribution in [0.3, 0.4) is 0 Å². The molecule has 0 aromatic heterocycles. The Kier molecular flexibility index (Phi) is 9.20. The van der Waals surface area contributed by atoms with Crippen LogP contribution in [-0.4, -0.2) is 13.1 Å². The minimum absolute atomic E-state index is 0.0829. The second-order valence-electron chi connectivity index (χ2n) is 5.60. The molecular formula is C15H30O2. The summed E-state index contributed by atoms with van der Waals surface area (Å²) in [6.07, 6.45) is 11.4. The molecule has 0 aromatic rings. The number of unbranched alkanes of at least 4 members (excludes halogenated alkanes) is 7. The van der Waals surface area contributed by atoms with Crippen molar-refractivity contribution in [2.75, 3.05) is 7.11 Å². The number of hydrogen-bond donors (Lipinski definition) is 0. The van der Waals surface area contributed by atoms with E-state index in [0.717, 1.165) is 12.8 Å². The van der Waals surface area contributed by atoms with E-state index in [2.05, 4.69) is 6.92 Å². The number of esters is 1. The molecule has 0 heterocycles. The van der Waals surface area contributed by atoms with Crippen LogP contribution >= 0.6 is 0 Å². The second kappa shape index (κ2) is 9.49. The summed E-state index contributed by atoms with van der Waals surface area (Å²) in [5.41, 5.74) is -0.309. The van der Waals surface area contributed by atoms with E-state index in [-0.39, 0.29) is 11.4 Å². The van der Waals surface area contributed by atoms with Gasteiger partial charge < -0.3 is 4.74 Å². The van der Waals surface area contributed by atoms with Crippen LogP contribution in [-0.2, 0) is 9.53 Å². The van der Waals surface area contributed by atoms with E-state index in [1.54, 1.807) is 0 Å². The van der Waals surface area contributed by atoms with Gasteiger partial charge in [-0.15, -0.1) is 0 Å². The fourth-order valence-electron chi connectivity index (χ4n) is 2.08. The molecule has 2 nitrogen and oxygen atoms in total. The predicted octanol–water partition coefficient (Wildman–Crippen LogP) is 4.72. The van der Waals surface area contributed by atoms with Crippen molar-refractivity contribution in [1.82, 2.24) is 0 Å². The Labute approximate surface area is 107 Å². The summed E-state index contributed by atoms with van der Waals surface area (Å²) < 4.78 is 4.80. The van der Waals surface area contributed by atoms with Crippen molar-refractivity contribution in [2.24, 2.45) is 5.41 Å². The molecule has 0 spiro atoms. The zero-order valence-corrected chi connectivity index (χ0v) is 12.2. The average molecular weight is 242 g/mol. The molecule has 0 amide bonds. The van der Waals surface area contributed by atoms with E-state index >= 15 is 0 Å². The van der Waals surface area contributed by atoms with Crippen molar-refractivity contribution in [3.63, 3.8) is 0 Å². The second-order valence-corrected chi connectivity index (χ2v) is 5.60. The highest BCUT2D eigenvalue weighted by atomic mass is 16.5. The third kappa shape index (κ3) is 8.23. The lowest BCUT2D eigenvalue weighted by Crippen LogP contribution is -2.25. The van der Waals surface area contributed by atoms with Gasteiger partial charge in [-0.25, -0.2) is 0 Å². The Morgan fingerprint density at radius 1 is 0.941 bits per heavy atom. The number of carbonyl (C=O) groups excluding carboxylic acids is 1. The molecule has 0 fully saturated rings. The zero-order valence-electron chi connectivity index (χ0n) is 12.2. The van der Waals surface area contributed by atoms with Crippen LogP contribution in [0.15, 0.2) is 0 Å². The van der Waals surface area contributed by atoms with Crippen molar-refractivity contribution in [2.45, 2.75) is 78.6 Å². The summed E-state index contributed by atoms with van der Waals surface area (Å²) >= 11 is 0. The van der Waals surface area contributed by atoms with Crippen molar-refractivity contribution >= 4 is 5.97 Å². The lowest BCUT2D eigenvalue weighted by atomic mass is 9.87. The van der Waals surface area contributed by atoms with E-state index in [9.17, 15) is 4.79 Å².